The molecule has 2 N–H and O–H groups in total. The van der Waals surface area contributed by atoms with Gasteiger partial charge in [0, 0.05) is 6.20 Å². The Morgan fingerprint density at radius 2 is 2.09 bits per heavy atom. The predicted molar refractivity (Wildman–Crippen MR) is 41.7 cm³/mol. The van der Waals surface area contributed by atoms with E-state index in [0.29, 0.717) is 11.5 Å². The molecule has 54 valence electrons. The average Bonchev–Trinajstić information content (AvgIpc) is 2.06. The number of anilines is 1. The van der Waals surface area contributed by atoms with Crippen molar-refractivity contribution in [2.45, 2.75) is 0 Å². The van der Waals surface area contributed by atoms with Crippen molar-refractivity contribution in [3.05, 3.63) is 24.7 Å². The fourth-order valence-corrected chi connectivity index (χ4v) is 0.915. The Hall–Kier alpha value is -1.71. The van der Waals surface area contributed by atoms with Crippen LogP contribution >= 0.6 is 0 Å². The number of aromatic nitrogens is 3. The van der Waals surface area contributed by atoms with Gasteiger partial charge in [-0.25, -0.2) is 15.0 Å². The van der Waals surface area contributed by atoms with E-state index >= 15 is 0 Å². The van der Waals surface area contributed by atoms with Crippen molar-refractivity contribution in [1.29, 1.82) is 0 Å². The Balaban J connectivity index is 2.91. The Labute approximate surface area is 63.1 Å². The Morgan fingerprint density at radius 1 is 1.18 bits per heavy atom. The first-order chi connectivity index (χ1) is 5.38. The molecule has 0 aromatic carbocycles. The van der Waals surface area contributed by atoms with E-state index in [4.69, 9.17) is 5.73 Å². The Bertz CT molecular complexity index is 380. The van der Waals surface area contributed by atoms with Crippen LogP contribution in [0.1, 0.15) is 0 Å². The minimum absolute atomic E-state index is 0.475. The smallest absolute Gasteiger partial charge is 0.164 e. The van der Waals surface area contributed by atoms with E-state index < -0.39 is 0 Å². The van der Waals surface area contributed by atoms with E-state index in [1.54, 1.807) is 6.20 Å². The molecule has 0 aliphatic rings. The summed E-state index contributed by atoms with van der Waals surface area (Å²) in [7, 11) is 0. The van der Waals surface area contributed by atoms with Gasteiger partial charge in [-0.3, -0.25) is 0 Å². The number of nitrogens with zero attached hydrogens (tertiary/aromatic N) is 3. The summed E-state index contributed by atoms with van der Waals surface area (Å²) in [6, 6.07) is 3.65. The molecule has 4 heteroatoms. The van der Waals surface area contributed by atoms with Gasteiger partial charge in [-0.05, 0) is 12.1 Å². The lowest BCUT2D eigenvalue weighted by Crippen LogP contribution is -1.93. The van der Waals surface area contributed by atoms with Crippen LogP contribution < -0.4 is 5.73 Å². The van der Waals surface area contributed by atoms with Crippen molar-refractivity contribution < 1.29 is 0 Å². The second-order valence-corrected chi connectivity index (χ2v) is 2.13. The number of hydrogen-bond acceptors (Lipinski definition) is 4. The third kappa shape index (κ3) is 0.881. The molecule has 0 aliphatic carbocycles. The van der Waals surface area contributed by atoms with E-state index in [9.17, 15) is 0 Å². The van der Waals surface area contributed by atoms with Crippen LogP contribution in [0.5, 0.6) is 0 Å². The van der Waals surface area contributed by atoms with Gasteiger partial charge in [0.05, 0.1) is 5.39 Å². The highest BCUT2D eigenvalue weighted by Crippen LogP contribution is 2.11. The third-order valence-corrected chi connectivity index (χ3v) is 1.44. The summed E-state index contributed by atoms with van der Waals surface area (Å²) in [5, 5.41) is 0.801. The maximum Gasteiger partial charge on any atom is 0.164 e. The number of pyridine rings is 1. The minimum atomic E-state index is 0.475. The van der Waals surface area contributed by atoms with Gasteiger partial charge in [-0.15, -0.1) is 0 Å². The van der Waals surface area contributed by atoms with E-state index in [1.165, 1.54) is 6.33 Å². The highest BCUT2D eigenvalue weighted by Gasteiger charge is 1.97. The molecule has 0 saturated carbocycles. The standard InChI is InChI=1S/C7H6N4/c8-6-5-2-1-3-9-7(5)11-4-10-6/h1-4H,(H2,8,9,10,11). The first kappa shape index (κ1) is 6.03. The van der Waals surface area contributed by atoms with E-state index in [0.717, 1.165) is 5.39 Å². The largest absolute Gasteiger partial charge is 0.383 e. The summed E-state index contributed by atoms with van der Waals surface area (Å²) in [5.41, 5.74) is 6.20. The second-order valence-electron chi connectivity index (χ2n) is 2.13. The molecule has 0 spiro atoms. The van der Waals surface area contributed by atoms with E-state index in [2.05, 4.69) is 15.0 Å². The quantitative estimate of drug-likeness (QED) is 0.591. The van der Waals surface area contributed by atoms with Crippen LogP contribution in [0, 0.1) is 0 Å². The van der Waals surface area contributed by atoms with Crippen LogP contribution in [0.3, 0.4) is 0 Å². The zero-order valence-electron chi connectivity index (χ0n) is 5.73. The average molecular weight is 146 g/mol. The Kier molecular flexibility index (Phi) is 1.18. The molecular weight excluding hydrogens is 140 g/mol. The molecule has 11 heavy (non-hydrogen) atoms. The van der Waals surface area contributed by atoms with Crippen LogP contribution in [0.4, 0.5) is 5.82 Å². The van der Waals surface area contributed by atoms with Gasteiger partial charge in [-0.2, -0.15) is 0 Å². The Morgan fingerprint density at radius 3 is 2.91 bits per heavy atom. The predicted octanol–water partition coefficient (Wildman–Crippen LogP) is 0.607. The second kappa shape index (κ2) is 2.16. The zero-order valence-corrected chi connectivity index (χ0v) is 5.73. The lowest BCUT2D eigenvalue weighted by atomic mass is 10.3. The molecule has 0 bridgehead atoms. The number of fused-ring (bicyclic) bond motifs is 1. The van der Waals surface area contributed by atoms with E-state index in [-0.39, 0.29) is 0 Å². The molecule has 4 nitrogen and oxygen atoms in total. The highest BCUT2D eigenvalue weighted by atomic mass is 14.9. The number of rotatable bonds is 0. The summed E-state index contributed by atoms with van der Waals surface area (Å²) in [4.78, 5) is 11.8. The molecule has 0 amide bonds. The molecule has 0 aliphatic heterocycles. The molecule has 2 aromatic rings. The SMILES string of the molecule is Nc1ncnc2ncccc12. The number of nitrogens with two attached hydrogens (primary N) is 1. The lowest BCUT2D eigenvalue weighted by Gasteiger charge is -1.95. The van der Waals surface area contributed by atoms with Gasteiger partial charge < -0.3 is 5.73 Å². The highest BCUT2D eigenvalue weighted by molar-refractivity contribution is 5.84. The van der Waals surface area contributed by atoms with Gasteiger partial charge in [0.1, 0.15) is 12.1 Å². The number of hydrogen-bond donors (Lipinski definition) is 1. The molecule has 0 atom stereocenters. The summed E-state index contributed by atoms with van der Waals surface area (Å²) in [6.45, 7) is 0. The van der Waals surface area contributed by atoms with Crippen LogP contribution in [0.2, 0.25) is 0 Å². The summed E-state index contributed by atoms with van der Waals surface area (Å²) >= 11 is 0. The molecule has 0 radical (unpaired) electrons. The molecule has 0 fully saturated rings. The number of nitrogen functional groups attached to an aromatic ring is 1. The van der Waals surface area contributed by atoms with Crippen LogP contribution in [-0.2, 0) is 0 Å². The summed E-state index contributed by atoms with van der Waals surface area (Å²) in [5.74, 6) is 0.475. The third-order valence-electron chi connectivity index (χ3n) is 1.44. The van der Waals surface area contributed by atoms with Crippen molar-refractivity contribution in [2.75, 3.05) is 5.73 Å². The molecular formula is C7H6N4. The van der Waals surface area contributed by atoms with Crippen molar-refractivity contribution in [3.8, 4) is 0 Å². The molecule has 0 saturated heterocycles. The van der Waals surface area contributed by atoms with Crippen molar-refractivity contribution in [1.82, 2.24) is 15.0 Å². The summed E-state index contributed by atoms with van der Waals surface area (Å²) in [6.07, 6.45) is 3.08. The van der Waals surface area contributed by atoms with Gasteiger partial charge >= 0.3 is 0 Å². The van der Waals surface area contributed by atoms with Gasteiger partial charge in [0.2, 0.25) is 0 Å². The topological polar surface area (TPSA) is 64.7 Å². The maximum absolute atomic E-state index is 5.57. The van der Waals surface area contributed by atoms with Gasteiger partial charge in [-0.1, -0.05) is 0 Å². The molecule has 0 unspecified atom stereocenters. The first-order valence-corrected chi connectivity index (χ1v) is 3.19. The lowest BCUT2D eigenvalue weighted by molar-refractivity contribution is 1.19. The van der Waals surface area contributed by atoms with E-state index in [1.807, 2.05) is 12.1 Å². The summed E-state index contributed by atoms with van der Waals surface area (Å²) < 4.78 is 0. The monoisotopic (exact) mass is 146 g/mol. The normalized spacial score (nSPS) is 10.2. The first-order valence-electron chi connectivity index (χ1n) is 3.19. The zero-order chi connectivity index (χ0) is 7.68. The molecule has 2 heterocycles. The van der Waals surface area contributed by atoms with Crippen molar-refractivity contribution >= 4 is 16.9 Å². The van der Waals surface area contributed by atoms with Crippen molar-refractivity contribution in [3.63, 3.8) is 0 Å². The van der Waals surface area contributed by atoms with Crippen LogP contribution in [0.25, 0.3) is 11.0 Å². The van der Waals surface area contributed by atoms with Gasteiger partial charge in [0.25, 0.3) is 0 Å². The molecule has 2 aromatic heterocycles. The fraction of sp³-hybridized carbons (Fsp3) is 0. The van der Waals surface area contributed by atoms with Crippen LogP contribution in [-0.4, -0.2) is 15.0 Å². The van der Waals surface area contributed by atoms with Gasteiger partial charge in [0.15, 0.2) is 5.65 Å². The molecule has 2 rings (SSSR count). The maximum atomic E-state index is 5.57. The van der Waals surface area contributed by atoms with Crippen LogP contribution in [0.15, 0.2) is 24.7 Å². The fourth-order valence-electron chi connectivity index (χ4n) is 0.915. The van der Waals surface area contributed by atoms with Crippen molar-refractivity contribution in [2.24, 2.45) is 0 Å². The minimum Gasteiger partial charge on any atom is -0.383 e.